The summed E-state index contributed by atoms with van der Waals surface area (Å²) < 4.78 is 11.4. The van der Waals surface area contributed by atoms with Crippen molar-refractivity contribution in [3.05, 3.63) is 35.9 Å². The molecule has 0 radical (unpaired) electrons. The van der Waals surface area contributed by atoms with Crippen LogP contribution in [0.25, 0.3) is 6.08 Å². The van der Waals surface area contributed by atoms with Crippen LogP contribution in [0.2, 0.25) is 0 Å². The summed E-state index contributed by atoms with van der Waals surface area (Å²) in [6.07, 6.45) is 8.93. The zero-order chi connectivity index (χ0) is 18.5. The number of hydrogen-bond donors (Lipinski definition) is 0. The molecule has 5 heteroatoms. The second-order valence-electron chi connectivity index (χ2n) is 7.90. The van der Waals surface area contributed by atoms with Crippen molar-refractivity contribution < 1.29 is 14.3 Å². The molecule has 2 heterocycles. The summed E-state index contributed by atoms with van der Waals surface area (Å²) in [7, 11) is 0. The van der Waals surface area contributed by atoms with Gasteiger partial charge in [0, 0.05) is 38.8 Å². The van der Waals surface area contributed by atoms with E-state index in [1.54, 1.807) is 6.08 Å². The minimum Gasteiger partial charge on any atom is -0.490 e. The maximum Gasteiger partial charge on any atom is 0.246 e. The Hall–Kier alpha value is -1.85. The maximum atomic E-state index is 12.2. The van der Waals surface area contributed by atoms with Gasteiger partial charge in [0.2, 0.25) is 5.91 Å². The highest BCUT2D eigenvalue weighted by Gasteiger charge is 2.27. The molecule has 0 N–H and O–H groups in total. The third-order valence-electron chi connectivity index (χ3n) is 5.67. The molecule has 0 atom stereocenters. The van der Waals surface area contributed by atoms with Crippen molar-refractivity contribution in [3.63, 3.8) is 0 Å². The number of rotatable bonds is 6. The number of likely N-dealkylation sites (tertiary alicyclic amines) is 1. The van der Waals surface area contributed by atoms with Crippen molar-refractivity contribution >= 4 is 12.0 Å². The lowest BCUT2D eigenvalue weighted by molar-refractivity contribution is -0.129. The third-order valence-corrected chi connectivity index (χ3v) is 5.67. The molecule has 0 unspecified atom stereocenters. The molecular formula is C22H30N2O3. The van der Waals surface area contributed by atoms with E-state index in [9.17, 15) is 4.79 Å². The number of hydrogen-bond acceptors (Lipinski definition) is 4. The van der Waals surface area contributed by atoms with Crippen LogP contribution in [-0.4, -0.2) is 67.7 Å². The number of benzene rings is 1. The molecule has 1 aromatic carbocycles. The van der Waals surface area contributed by atoms with E-state index in [0.29, 0.717) is 32.4 Å². The predicted molar refractivity (Wildman–Crippen MR) is 106 cm³/mol. The highest BCUT2D eigenvalue weighted by molar-refractivity contribution is 5.91. The maximum absolute atomic E-state index is 12.2. The predicted octanol–water partition coefficient (Wildman–Crippen LogP) is 2.81. The average molecular weight is 370 g/mol. The van der Waals surface area contributed by atoms with E-state index in [1.165, 1.54) is 19.4 Å². The van der Waals surface area contributed by atoms with Crippen molar-refractivity contribution in [3.8, 4) is 5.75 Å². The Bertz CT molecular complexity index is 640. The fourth-order valence-electron chi connectivity index (χ4n) is 3.78. The molecule has 5 nitrogen and oxygen atoms in total. The lowest BCUT2D eigenvalue weighted by Gasteiger charge is -2.32. The Balaban J connectivity index is 1.22. The lowest BCUT2D eigenvalue weighted by atomic mass is 10.1. The van der Waals surface area contributed by atoms with E-state index >= 15 is 0 Å². The van der Waals surface area contributed by atoms with Crippen molar-refractivity contribution in [2.75, 3.05) is 45.9 Å². The van der Waals surface area contributed by atoms with E-state index in [-0.39, 0.29) is 5.91 Å². The normalized spacial score (nSPS) is 22.3. The zero-order valence-electron chi connectivity index (χ0n) is 16.0. The average Bonchev–Trinajstić information content (AvgIpc) is 3.53. The Kier molecular flexibility index (Phi) is 6.10. The van der Waals surface area contributed by atoms with Crippen molar-refractivity contribution in [1.29, 1.82) is 0 Å². The third kappa shape index (κ3) is 5.56. The van der Waals surface area contributed by atoms with E-state index in [4.69, 9.17) is 9.47 Å². The number of carbonyl (C=O) groups excluding carboxylic acids is 1. The summed E-state index contributed by atoms with van der Waals surface area (Å²) in [4.78, 5) is 16.6. The first-order valence-corrected chi connectivity index (χ1v) is 10.3. The molecule has 3 fully saturated rings. The van der Waals surface area contributed by atoms with Crippen LogP contribution < -0.4 is 4.74 Å². The Labute approximate surface area is 161 Å². The van der Waals surface area contributed by atoms with Crippen molar-refractivity contribution in [2.45, 2.75) is 31.8 Å². The van der Waals surface area contributed by atoms with Gasteiger partial charge in [0.25, 0.3) is 0 Å². The first kappa shape index (κ1) is 18.5. The van der Waals surface area contributed by atoms with Crippen LogP contribution in [0, 0.1) is 5.92 Å². The largest absolute Gasteiger partial charge is 0.490 e. The minimum atomic E-state index is 0.0524. The topological polar surface area (TPSA) is 42.0 Å². The summed E-state index contributed by atoms with van der Waals surface area (Å²) >= 11 is 0. The van der Waals surface area contributed by atoms with E-state index in [0.717, 1.165) is 43.2 Å². The molecule has 2 aliphatic heterocycles. The van der Waals surface area contributed by atoms with E-state index in [2.05, 4.69) is 4.90 Å². The quantitative estimate of drug-likeness (QED) is 0.722. The Morgan fingerprint density at radius 2 is 1.74 bits per heavy atom. The summed E-state index contributed by atoms with van der Waals surface area (Å²) in [6.45, 7) is 6.22. The van der Waals surface area contributed by atoms with Gasteiger partial charge in [0.05, 0.1) is 13.2 Å². The fraction of sp³-hybridized carbons (Fsp3) is 0.591. The first-order valence-electron chi connectivity index (χ1n) is 10.3. The van der Waals surface area contributed by atoms with Crippen molar-refractivity contribution in [2.24, 2.45) is 5.92 Å². The Morgan fingerprint density at radius 3 is 2.41 bits per heavy atom. The summed E-state index contributed by atoms with van der Waals surface area (Å²) in [5.41, 5.74) is 1.02. The van der Waals surface area contributed by atoms with Gasteiger partial charge in [-0.15, -0.1) is 0 Å². The van der Waals surface area contributed by atoms with Gasteiger partial charge in [-0.05, 0) is 55.4 Å². The molecule has 2 saturated heterocycles. The van der Waals surface area contributed by atoms with Gasteiger partial charge in [0.1, 0.15) is 11.9 Å². The van der Waals surface area contributed by atoms with E-state index in [1.807, 2.05) is 35.2 Å². The first-order chi connectivity index (χ1) is 13.3. The Morgan fingerprint density at radius 1 is 1.04 bits per heavy atom. The van der Waals surface area contributed by atoms with Gasteiger partial charge in [-0.3, -0.25) is 4.79 Å². The molecule has 146 valence electrons. The van der Waals surface area contributed by atoms with Crippen LogP contribution >= 0.6 is 0 Å². The second kappa shape index (κ2) is 8.89. The monoisotopic (exact) mass is 370 g/mol. The van der Waals surface area contributed by atoms with Crippen molar-refractivity contribution in [1.82, 2.24) is 9.80 Å². The van der Waals surface area contributed by atoms with Gasteiger partial charge in [-0.2, -0.15) is 0 Å². The highest BCUT2D eigenvalue weighted by Crippen LogP contribution is 2.31. The number of ether oxygens (including phenoxy) is 2. The molecule has 0 spiro atoms. The SMILES string of the molecule is O=C(/C=C/c1ccc(OC2CCN(CC3CC3)CC2)cc1)N1CCOCC1. The molecule has 1 aromatic rings. The zero-order valence-corrected chi connectivity index (χ0v) is 16.0. The van der Waals surface area contributed by atoms with Crippen LogP contribution in [0.5, 0.6) is 5.75 Å². The lowest BCUT2D eigenvalue weighted by Crippen LogP contribution is -2.39. The smallest absolute Gasteiger partial charge is 0.246 e. The van der Waals surface area contributed by atoms with Crippen LogP contribution in [0.4, 0.5) is 0 Å². The molecule has 27 heavy (non-hydrogen) atoms. The number of morpholine rings is 1. The fourth-order valence-corrected chi connectivity index (χ4v) is 3.78. The van der Waals surface area contributed by atoms with Crippen LogP contribution in [0.3, 0.4) is 0 Å². The molecule has 1 saturated carbocycles. The molecule has 0 aromatic heterocycles. The molecule has 1 amide bonds. The minimum absolute atomic E-state index is 0.0524. The van der Waals surface area contributed by atoms with Crippen LogP contribution in [0.1, 0.15) is 31.2 Å². The standard InChI is InChI=1S/C22H30N2O3/c25-22(24-13-15-26-16-14-24)8-5-18-3-6-20(7-4-18)27-21-9-11-23(12-10-21)17-19-1-2-19/h3-8,19,21H,1-2,9-17H2/b8-5+. The molecule has 0 bridgehead atoms. The number of carbonyl (C=O) groups is 1. The van der Waals surface area contributed by atoms with Gasteiger partial charge in [0.15, 0.2) is 0 Å². The molecule has 1 aliphatic carbocycles. The molecule has 4 rings (SSSR count). The summed E-state index contributed by atoms with van der Waals surface area (Å²) in [5, 5.41) is 0. The van der Waals surface area contributed by atoms with Gasteiger partial charge >= 0.3 is 0 Å². The van der Waals surface area contributed by atoms with E-state index < -0.39 is 0 Å². The van der Waals surface area contributed by atoms with Gasteiger partial charge < -0.3 is 19.3 Å². The molecular weight excluding hydrogens is 340 g/mol. The van der Waals surface area contributed by atoms with Crippen LogP contribution in [0.15, 0.2) is 30.3 Å². The molecule has 3 aliphatic rings. The highest BCUT2D eigenvalue weighted by atomic mass is 16.5. The van der Waals surface area contributed by atoms with Gasteiger partial charge in [-0.1, -0.05) is 12.1 Å². The van der Waals surface area contributed by atoms with Crippen LogP contribution in [-0.2, 0) is 9.53 Å². The number of piperidine rings is 1. The number of amides is 1. The second-order valence-corrected chi connectivity index (χ2v) is 7.90. The number of nitrogens with zero attached hydrogens (tertiary/aromatic N) is 2. The summed E-state index contributed by atoms with van der Waals surface area (Å²) in [5.74, 6) is 1.95. The summed E-state index contributed by atoms with van der Waals surface area (Å²) in [6, 6.07) is 8.05. The van der Waals surface area contributed by atoms with Gasteiger partial charge in [-0.25, -0.2) is 0 Å².